The summed E-state index contributed by atoms with van der Waals surface area (Å²) in [6.07, 6.45) is 2.79. The summed E-state index contributed by atoms with van der Waals surface area (Å²) in [7, 11) is 1.19. The normalized spacial score (nSPS) is 9.95. The zero-order valence-corrected chi connectivity index (χ0v) is 10.6. The highest BCUT2D eigenvalue weighted by molar-refractivity contribution is 6.46. The maximum absolute atomic E-state index is 11.3. The number of nitrogens with zero attached hydrogens (tertiary/aromatic N) is 3. The van der Waals surface area contributed by atoms with Crippen molar-refractivity contribution in [2.24, 2.45) is 5.16 Å². The number of urea groups is 1. The number of unbranched alkanes of at least 4 members (excludes halogenated alkanes) is 3. The van der Waals surface area contributed by atoms with Crippen LogP contribution in [0.15, 0.2) is 5.16 Å². The zero-order chi connectivity index (χ0) is 14.5. The molecule has 0 atom stereocenters. The first-order chi connectivity index (χ1) is 9.15. The second-order valence-electron chi connectivity index (χ2n) is 3.41. The first kappa shape index (κ1) is 16.4. The summed E-state index contributed by atoms with van der Waals surface area (Å²) in [6, 6.07) is 2.82. The third kappa shape index (κ3) is 8.16. The van der Waals surface area contributed by atoms with Crippen molar-refractivity contribution in [3.63, 3.8) is 0 Å². The van der Waals surface area contributed by atoms with Crippen molar-refractivity contribution in [3.8, 4) is 12.1 Å². The van der Waals surface area contributed by atoms with E-state index in [1.165, 1.54) is 13.2 Å². The summed E-state index contributed by atoms with van der Waals surface area (Å²) in [5.41, 5.74) is -0.535. The van der Waals surface area contributed by atoms with Crippen LogP contribution in [0.1, 0.15) is 25.7 Å². The quantitative estimate of drug-likeness (QED) is 0.391. The first-order valence-corrected chi connectivity index (χ1v) is 5.63. The van der Waals surface area contributed by atoms with Gasteiger partial charge in [0.25, 0.3) is 5.91 Å². The predicted molar refractivity (Wildman–Crippen MR) is 65.7 cm³/mol. The van der Waals surface area contributed by atoms with Crippen LogP contribution < -0.4 is 10.6 Å². The Balaban J connectivity index is 3.87. The molecule has 8 nitrogen and oxygen atoms in total. The summed E-state index contributed by atoms with van der Waals surface area (Å²) >= 11 is 0. The molecule has 0 fully saturated rings. The largest absolute Gasteiger partial charge is 0.398 e. The topological polar surface area (TPSA) is 127 Å². The number of nitrogens with one attached hydrogen (secondary N) is 2. The maximum Gasteiger partial charge on any atom is 0.321 e. The van der Waals surface area contributed by atoms with Gasteiger partial charge in [0.15, 0.2) is 0 Å². The second kappa shape index (κ2) is 10.5. The van der Waals surface area contributed by atoms with Crippen LogP contribution in [0.2, 0.25) is 0 Å². The number of oxime groups is 1. The van der Waals surface area contributed by atoms with E-state index >= 15 is 0 Å². The minimum atomic E-state index is -0.925. The minimum Gasteiger partial charge on any atom is -0.398 e. The van der Waals surface area contributed by atoms with Crippen LogP contribution in [-0.4, -0.2) is 31.3 Å². The smallest absolute Gasteiger partial charge is 0.321 e. The monoisotopic (exact) mass is 265 g/mol. The molecule has 0 heterocycles. The van der Waals surface area contributed by atoms with Crippen LogP contribution >= 0.6 is 0 Å². The molecule has 102 valence electrons. The van der Waals surface area contributed by atoms with E-state index < -0.39 is 17.6 Å². The summed E-state index contributed by atoms with van der Waals surface area (Å²) < 4.78 is 0. The van der Waals surface area contributed by atoms with Crippen molar-refractivity contribution in [1.82, 2.24) is 10.6 Å². The Bertz CT molecular complexity index is 419. The highest BCUT2D eigenvalue weighted by Crippen LogP contribution is 1.96. The number of carbonyl (C=O) groups is 2. The average Bonchev–Trinajstić information content (AvgIpc) is 2.39. The molecule has 0 aliphatic heterocycles. The number of hydrogen-bond donors (Lipinski definition) is 2. The van der Waals surface area contributed by atoms with E-state index in [-0.39, 0.29) is 0 Å². The van der Waals surface area contributed by atoms with Gasteiger partial charge in [0.05, 0.1) is 6.07 Å². The number of carbonyl (C=O) groups excluding carboxylic acids is 2. The molecule has 2 N–H and O–H groups in total. The molecule has 0 rings (SSSR count). The van der Waals surface area contributed by atoms with Crippen molar-refractivity contribution >= 4 is 17.6 Å². The van der Waals surface area contributed by atoms with E-state index in [2.05, 4.69) is 15.3 Å². The van der Waals surface area contributed by atoms with Crippen molar-refractivity contribution < 1.29 is 14.4 Å². The molecular weight excluding hydrogens is 250 g/mol. The molecule has 0 spiro atoms. The lowest BCUT2D eigenvalue weighted by atomic mass is 10.2. The molecule has 19 heavy (non-hydrogen) atoms. The van der Waals surface area contributed by atoms with Gasteiger partial charge in [0.2, 0.25) is 5.71 Å². The Morgan fingerprint density at radius 2 is 2.00 bits per heavy atom. The van der Waals surface area contributed by atoms with Gasteiger partial charge in [-0.1, -0.05) is 11.6 Å². The number of imide groups is 1. The van der Waals surface area contributed by atoms with Gasteiger partial charge < -0.3 is 10.2 Å². The summed E-state index contributed by atoms with van der Waals surface area (Å²) in [4.78, 5) is 26.9. The predicted octanol–water partition coefficient (Wildman–Crippen LogP) is 0.422. The molecular formula is C11H15N5O3. The molecule has 0 saturated heterocycles. The molecule has 0 radical (unpaired) electrons. The zero-order valence-electron chi connectivity index (χ0n) is 10.6. The van der Waals surface area contributed by atoms with E-state index in [4.69, 9.17) is 10.5 Å². The Kier molecular flexibility index (Phi) is 9.09. The van der Waals surface area contributed by atoms with E-state index in [0.717, 1.165) is 12.8 Å². The molecule has 0 aliphatic rings. The molecule has 0 saturated carbocycles. The fourth-order valence-electron chi connectivity index (χ4n) is 1.12. The van der Waals surface area contributed by atoms with E-state index in [9.17, 15) is 9.59 Å². The molecule has 8 heteroatoms. The Morgan fingerprint density at radius 3 is 2.58 bits per heavy atom. The maximum atomic E-state index is 11.3. The van der Waals surface area contributed by atoms with Crippen molar-refractivity contribution in [3.05, 3.63) is 0 Å². The molecule has 0 aromatic rings. The fraction of sp³-hybridized carbons (Fsp3) is 0.545. The van der Waals surface area contributed by atoms with Gasteiger partial charge in [0.1, 0.15) is 13.2 Å². The molecule has 0 unspecified atom stereocenters. The molecule has 0 aliphatic carbocycles. The Hall–Kier alpha value is -2.61. The van der Waals surface area contributed by atoms with Gasteiger partial charge in [0, 0.05) is 13.0 Å². The number of rotatable bonds is 7. The van der Waals surface area contributed by atoms with Crippen LogP contribution in [0.5, 0.6) is 0 Å². The van der Waals surface area contributed by atoms with Gasteiger partial charge in [-0.3, -0.25) is 10.1 Å². The van der Waals surface area contributed by atoms with Gasteiger partial charge in [-0.05, 0) is 12.8 Å². The van der Waals surface area contributed by atoms with Gasteiger partial charge in [-0.15, -0.1) is 0 Å². The highest BCUT2D eigenvalue weighted by Gasteiger charge is 2.14. The van der Waals surface area contributed by atoms with Crippen molar-refractivity contribution in [1.29, 1.82) is 10.5 Å². The lowest BCUT2D eigenvalue weighted by Crippen LogP contribution is -2.42. The number of amides is 3. The van der Waals surface area contributed by atoms with Gasteiger partial charge >= 0.3 is 6.03 Å². The number of nitriles is 2. The molecule has 3 amide bonds. The summed E-state index contributed by atoms with van der Waals surface area (Å²) in [6.45, 7) is 0.383. The van der Waals surface area contributed by atoms with E-state index in [1.54, 1.807) is 0 Å². The van der Waals surface area contributed by atoms with Crippen LogP contribution in [0.4, 0.5) is 4.79 Å². The number of hydrogen-bond acceptors (Lipinski definition) is 6. The second-order valence-corrected chi connectivity index (χ2v) is 3.41. The standard InChI is InChI=1S/C11H15N5O3/c1-19-16-9(8-13)10(17)15-11(18)14-7-5-3-2-4-6-12/h2-5,7H2,1H3,(H2,14,15,17,18). The SMILES string of the molecule is CON=C(C#N)C(=O)NC(=O)NCCCCCC#N. The Labute approximate surface area is 111 Å². The third-order valence-electron chi connectivity index (χ3n) is 1.98. The summed E-state index contributed by atoms with van der Waals surface area (Å²) in [5.74, 6) is -0.925. The molecule has 0 aromatic carbocycles. The van der Waals surface area contributed by atoms with Crippen molar-refractivity contribution in [2.45, 2.75) is 25.7 Å². The lowest BCUT2D eigenvalue weighted by molar-refractivity contribution is -0.113. The third-order valence-corrected chi connectivity index (χ3v) is 1.98. The van der Waals surface area contributed by atoms with Crippen LogP contribution in [0.25, 0.3) is 0 Å². The van der Waals surface area contributed by atoms with Gasteiger partial charge in [-0.25, -0.2) is 4.79 Å². The Morgan fingerprint density at radius 1 is 1.26 bits per heavy atom. The minimum absolute atomic E-state index is 0.383. The van der Waals surface area contributed by atoms with Crippen LogP contribution in [0.3, 0.4) is 0 Å². The van der Waals surface area contributed by atoms with E-state index in [1.807, 2.05) is 11.4 Å². The van der Waals surface area contributed by atoms with E-state index in [0.29, 0.717) is 19.4 Å². The van der Waals surface area contributed by atoms with Gasteiger partial charge in [-0.2, -0.15) is 10.5 Å². The molecule has 0 aromatic heterocycles. The van der Waals surface area contributed by atoms with Crippen LogP contribution in [-0.2, 0) is 9.63 Å². The highest BCUT2D eigenvalue weighted by atomic mass is 16.6. The molecule has 0 bridgehead atoms. The average molecular weight is 265 g/mol. The first-order valence-electron chi connectivity index (χ1n) is 5.63. The van der Waals surface area contributed by atoms with Crippen molar-refractivity contribution in [2.75, 3.05) is 13.7 Å². The lowest BCUT2D eigenvalue weighted by Gasteiger charge is -2.05. The fourth-order valence-corrected chi connectivity index (χ4v) is 1.12. The van der Waals surface area contributed by atoms with Crippen LogP contribution in [0, 0.1) is 22.7 Å². The summed E-state index contributed by atoms with van der Waals surface area (Å²) in [5, 5.41) is 24.4.